The number of hydrogen-bond donors (Lipinski definition) is 3. The van der Waals surface area contributed by atoms with Gasteiger partial charge in [-0.2, -0.15) is 0 Å². The third kappa shape index (κ3) is 3.57. The highest BCUT2D eigenvalue weighted by atomic mass is 16.5. The van der Waals surface area contributed by atoms with Crippen LogP contribution in [0, 0.1) is 34.5 Å². The molecule has 3 saturated carbocycles. The van der Waals surface area contributed by atoms with Gasteiger partial charge in [0.05, 0.1) is 12.2 Å². The fourth-order valence-electron chi connectivity index (χ4n) is 7.96. The summed E-state index contributed by atoms with van der Waals surface area (Å²) in [5, 5.41) is 33.2. The summed E-state index contributed by atoms with van der Waals surface area (Å²) in [4.78, 5) is 25.1. The number of allylic oxidation sites excluding steroid dienone is 1. The molecule has 4 aliphatic rings. The number of ether oxygens (including phenoxy) is 1. The molecule has 4 rings (SSSR count). The smallest absolute Gasteiger partial charge is 0.306 e. The molecule has 0 aromatic carbocycles. The molecule has 180 valence electrons. The largest absolute Gasteiger partial charge is 0.458 e. The number of rotatable bonds is 5. The molecule has 0 aromatic rings. The minimum absolute atomic E-state index is 0.0781. The van der Waals surface area contributed by atoms with Crippen molar-refractivity contribution in [2.75, 3.05) is 6.61 Å². The molecule has 4 aliphatic carbocycles. The van der Waals surface area contributed by atoms with E-state index in [0.717, 1.165) is 25.7 Å². The third-order valence-corrected chi connectivity index (χ3v) is 9.58. The van der Waals surface area contributed by atoms with Gasteiger partial charge in [0, 0.05) is 11.8 Å². The maximum absolute atomic E-state index is 13.2. The van der Waals surface area contributed by atoms with Crippen LogP contribution in [0.15, 0.2) is 11.6 Å². The van der Waals surface area contributed by atoms with Crippen molar-refractivity contribution in [1.29, 1.82) is 0 Å². The first-order valence-corrected chi connectivity index (χ1v) is 12.4. The molecule has 0 saturated heterocycles. The van der Waals surface area contributed by atoms with E-state index in [1.165, 1.54) is 5.57 Å². The van der Waals surface area contributed by atoms with Crippen LogP contribution < -0.4 is 0 Å². The summed E-state index contributed by atoms with van der Waals surface area (Å²) in [7, 11) is 0. The van der Waals surface area contributed by atoms with Crippen LogP contribution in [-0.2, 0) is 14.3 Å². The molecule has 6 unspecified atom stereocenters. The molecule has 0 amide bonds. The highest BCUT2D eigenvalue weighted by molar-refractivity contribution is 5.91. The molecule has 3 N–H and O–H groups in total. The normalized spacial score (nSPS) is 45.5. The number of ketones is 1. The van der Waals surface area contributed by atoms with Crippen molar-refractivity contribution < 1.29 is 29.6 Å². The molecule has 0 radical (unpaired) electrons. The summed E-state index contributed by atoms with van der Waals surface area (Å²) in [5.74, 6) is -0.262. The van der Waals surface area contributed by atoms with Crippen LogP contribution in [0.3, 0.4) is 0 Å². The summed E-state index contributed by atoms with van der Waals surface area (Å²) in [5.41, 5.74) is -1.19. The molecule has 8 atom stereocenters. The summed E-state index contributed by atoms with van der Waals surface area (Å²) in [6.07, 6.45) is 6.06. The predicted molar refractivity (Wildman–Crippen MR) is 119 cm³/mol. The van der Waals surface area contributed by atoms with E-state index in [1.807, 2.05) is 26.8 Å². The summed E-state index contributed by atoms with van der Waals surface area (Å²) in [6.45, 7) is 7.61. The van der Waals surface area contributed by atoms with Crippen molar-refractivity contribution in [3.05, 3.63) is 11.6 Å². The first-order valence-electron chi connectivity index (χ1n) is 12.4. The fraction of sp³-hybridized carbons (Fsp3) is 0.846. The number of aliphatic hydroxyl groups is 3. The van der Waals surface area contributed by atoms with E-state index in [-0.39, 0.29) is 35.5 Å². The number of carbonyl (C=O) groups excluding carboxylic acids is 2. The van der Waals surface area contributed by atoms with Crippen molar-refractivity contribution >= 4 is 11.8 Å². The second kappa shape index (κ2) is 8.21. The first kappa shape index (κ1) is 23.9. The molecule has 0 spiro atoms. The van der Waals surface area contributed by atoms with E-state index in [9.17, 15) is 24.9 Å². The topological polar surface area (TPSA) is 104 Å². The Morgan fingerprint density at radius 3 is 2.56 bits per heavy atom. The highest BCUT2D eigenvalue weighted by Crippen LogP contribution is 2.67. The lowest BCUT2D eigenvalue weighted by molar-refractivity contribution is -0.184. The monoisotopic (exact) mass is 448 g/mol. The van der Waals surface area contributed by atoms with Crippen LogP contribution in [0.2, 0.25) is 0 Å². The van der Waals surface area contributed by atoms with Gasteiger partial charge in [-0.3, -0.25) is 9.59 Å². The zero-order chi connectivity index (χ0) is 23.5. The quantitative estimate of drug-likeness (QED) is 0.441. The van der Waals surface area contributed by atoms with E-state index >= 15 is 0 Å². The van der Waals surface area contributed by atoms with Gasteiger partial charge < -0.3 is 20.1 Å². The van der Waals surface area contributed by atoms with Crippen LogP contribution >= 0.6 is 0 Å². The van der Waals surface area contributed by atoms with Gasteiger partial charge in [0.15, 0.2) is 6.61 Å². The lowest BCUT2D eigenvalue weighted by Crippen LogP contribution is -2.62. The van der Waals surface area contributed by atoms with Crippen LogP contribution in [0.1, 0.15) is 79.1 Å². The van der Waals surface area contributed by atoms with Crippen molar-refractivity contribution in [2.45, 2.75) is 96.9 Å². The van der Waals surface area contributed by atoms with E-state index in [0.29, 0.717) is 19.3 Å². The molecule has 0 aromatic heterocycles. The Morgan fingerprint density at radius 1 is 1.16 bits per heavy atom. The maximum atomic E-state index is 13.2. The Morgan fingerprint density at radius 2 is 1.88 bits per heavy atom. The van der Waals surface area contributed by atoms with Crippen LogP contribution in [0.25, 0.3) is 0 Å². The second-order valence-corrected chi connectivity index (χ2v) is 11.8. The standard InChI is InChI=1S/C26H40O6/c1-15(2)11-22(30)32-14-21(29)26(31)10-8-19-18-6-5-16-12-17(27)7-9-24(16,3)23(18)20(28)13-25(19,26)4/h12,15,17-20,23,27-28,31H,5-11,13-14H2,1-4H3/t17?,18?,19?,20?,23?,24-,25-,26?/m0/s1. The van der Waals surface area contributed by atoms with Crippen molar-refractivity contribution in [3.8, 4) is 0 Å². The lowest BCUT2D eigenvalue weighted by Gasteiger charge is -2.60. The Labute approximate surface area is 191 Å². The van der Waals surface area contributed by atoms with E-state index in [4.69, 9.17) is 4.74 Å². The molecule has 32 heavy (non-hydrogen) atoms. The first-order chi connectivity index (χ1) is 14.9. The Bertz CT molecular complexity index is 804. The third-order valence-electron chi connectivity index (χ3n) is 9.58. The van der Waals surface area contributed by atoms with Gasteiger partial charge in [-0.1, -0.05) is 39.3 Å². The molecule has 0 heterocycles. The maximum Gasteiger partial charge on any atom is 0.306 e. The molecule has 0 aliphatic heterocycles. The number of fused-ring (bicyclic) bond motifs is 5. The number of Topliss-reactive ketones (excluding diaryl/α,β-unsaturated/α-hetero) is 1. The van der Waals surface area contributed by atoms with Crippen LogP contribution in [0.5, 0.6) is 0 Å². The van der Waals surface area contributed by atoms with Crippen LogP contribution in [-0.4, -0.2) is 51.5 Å². The SMILES string of the molecule is CC(C)CC(=O)OCC(=O)C1(O)CCC2C3CCC4=CC(O)CC[C@]4(C)C3C(O)C[C@@]21C. The van der Waals surface area contributed by atoms with Gasteiger partial charge >= 0.3 is 5.97 Å². The van der Waals surface area contributed by atoms with Gasteiger partial charge in [-0.25, -0.2) is 0 Å². The van der Waals surface area contributed by atoms with Gasteiger partial charge in [-0.15, -0.1) is 0 Å². The minimum atomic E-state index is -1.58. The van der Waals surface area contributed by atoms with Gasteiger partial charge in [0.1, 0.15) is 5.60 Å². The van der Waals surface area contributed by atoms with E-state index in [1.54, 1.807) is 0 Å². The molecule has 3 fully saturated rings. The summed E-state index contributed by atoms with van der Waals surface area (Å²) >= 11 is 0. The molecule has 6 heteroatoms. The predicted octanol–water partition coefficient (Wildman–Crippen LogP) is 3.17. The van der Waals surface area contributed by atoms with E-state index < -0.39 is 41.6 Å². The number of hydrogen-bond acceptors (Lipinski definition) is 6. The Hall–Kier alpha value is -1.24. The second-order valence-electron chi connectivity index (χ2n) is 11.8. The minimum Gasteiger partial charge on any atom is -0.458 e. The number of aliphatic hydroxyl groups excluding tert-OH is 2. The zero-order valence-corrected chi connectivity index (χ0v) is 20.0. The lowest BCUT2D eigenvalue weighted by atomic mass is 9.45. The average Bonchev–Trinajstić information content (AvgIpc) is 2.97. The molecular weight excluding hydrogens is 408 g/mol. The molecular formula is C26H40O6. The number of esters is 1. The van der Waals surface area contributed by atoms with Gasteiger partial charge in [-0.05, 0) is 74.0 Å². The Balaban J connectivity index is 1.56. The van der Waals surface area contributed by atoms with Gasteiger partial charge in [0.2, 0.25) is 5.78 Å². The molecule has 0 bridgehead atoms. The molecule has 6 nitrogen and oxygen atoms in total. The fourth-order valence-corrected chi connectivity index (χ4v) is 7.96. The average molecular weight is 449 g/mol. The van der Waals surface area contributed by atoms with Crippen molar-refractivity contribution in [3.63, 3.8) is 0 Å². The van der Waals surface area contributed by atoms with Gasteiger partial charge in [0.25, 0.3) is 0 Å². The van der Waals surface area contributed by atoms with E-state index in [2.05, 4.69) is 6.92 Å². The Kier molecular flexibility index (Phi) is 6.13. The van der Waals surface area contributed by atoms with Crippen molar-refractivity contribution in [2.24, 2.45) is 34.5 Å². The van der Waals surface area contributed by atoms with Crippen molar-refractivity contribution in [1.82, 2.24) is 0 Å². The van der Waals surface area contributed by atoms with Crippen LogP contribution in [0.4, 0.5) is 0 Å². The summed E-state index contributed by atoms with van der Waals surface area (Å²) in [6, 6.07) is 0. The zero-order valence-electron chi connectivity index (χ0n) is 20.0. The number of carbonyl (C=O) groups is 2. The highest BCUT2D eigenvalue weighted by Gasteiger charge is 2.68. The summed E-state index contributed by atoms with van der Waals surface area (Å²) < 4.78 is 5.21.